The second-order valence-corrected chi connectivity index (χ2v) is 8.65. The fraction of sp³-hybridized carbons (Fsp3) is 0.500. The van der Waals surface area contributed by atoms with E-state index >= 15 is 0 Å². The van der Waals surface area contributed by atoms with Crippen molar-refractivity contribution in [1.82, 2.24) is 0 Å². The van der Waals surface area contributed by atoms with Gasteiger partial charge in [0.05, 0.1) is 7.11 Å². The lowest BCUT2D eigenvalue weighted by Gasteiger charge is -2.42. The van der Waals surface area contributed by atoms with E-state index in [1.807, 2.05) is 27.7 Å². The SMILES string of the molecule is CC.CC.CO/C(=C\c1ccc2c(c1)C(C)(C)CCC2(C)C)c1ccc(C)cc1. The van der Waals surface area contributed by atoms with Crippen LogP contribution in [0.2, 0.25) is 0 Å². The number of hydrogen-bond acceptors (Lipinski definition) is 1. The van der Waals surface area contributed by atoms with Crippen molar-refractivity contribution in [3.63, 3.8) is 0 Å². The van der Waals surface area contributed by atoms with Crippen molar-refractivity contribution in [1.29, 1.82) is 0 Å². The molecule has 3 rings (SSSR count). The molecule has 2 aromatic carbocycles. The van der Waals surface area contributed by atoms with E-state index in [0.717, 1.165) is 11.3 Å². The number of rotatable bonds is 3. The number of fused-ring (bicyclic) bond motifs is 1. The number of aryl methyl sites for hydroxylation is 1. The molecule has 0 amide bonds. The Balaban J connectivity index is 0.000000989. The molecule has 0 N–H and O–H groups in total. The van der Waals surface area contributed by atoms with Crippen molar-refractivity contribution in [3.8, 4) is 0 Å². The van der Waals surface area contributed by atoms with E-state index < -0.39 is 0 Å². The first-order valence-corrected chi connectivity index (χ1v) is 11.2. The first-order valence-electron chi connectivity index (χ1n) is 11.2. The van der Waals surface area contributed by atoms with Gasteiger partial charge in [0.25, 0.3) is 0 Å². The van der Waals surface area contributed by atoms with Gasteiger partial charge in [-0.2, -0.15) is 0 Å². The van der Waals surface area contributed by atoms with Crippen LogP contribution in [0.5, 0.6) is 0 Å². The van der Waals surface area contributed by atoms with Gasteiger partial charge in [0, 0.05) is 5.56 Å². The first-order chi connectivity index (χ1) is 13.7. The monoisotopic (exact) mass is 394 g/mol. The normalized spacial score (nSPS) is 16.4. The van der Waals surface area contributed by atoms with Crippen LogP contribution in [0.25, 0.3) is 11.8 Å². The van der Waals surface area contributed by atoms with Crippen LogP contribution in [0.1, 0.15) is 96.0 Å². The van der Waals surface area contributed by atoms with Crippen molar-refractivity contribution in [2.45, 2.75) is 86.0 Å². The lowest BCUT2D eigenvalue weighted by molar-refractivity contribution is 0.332. The minimum absolute atomic E-state index is 0.228. The summed E-state index contributed by atoms with van der Waals surface area (Å²) in [7, 11) is 1.75. The Bertz CT molecular complexity index is 792. The van der Waals surface area contributed by atoms with Gasteiger partial charge in [-0.05, 0) is 53.4 Å². The Labute approximate surface area is 180 Å². The van der Waals surface area contributed by atoms with E-state index in [0.29, 0.717) is 0 Å². The predicted molar refractivity (Wildman–Crippen MR) is 130 cm³/mol. The zero-order valence-electron chi connectivity index (χ0n) is 20.4. The second kappa shape index (κ2) is 10.7. The molecule has 1 heteroatoms. The summed E-state index contributed by atoms with van der Waals surface area (Å²) in [4.78, 5) is 0. The molecule has 0 saturated carbocycles. The Morgan fingerprint density at radius 1 is 0.793 bits per heavy atom. The van der Waals surface area contributed by atoms with Crippen LogP contribution in [0.15, 0.2) is 42.5 Å². The summed E-state index contributed by atoms with van der Waals surface area (Å²) < 4.78 is 5.68. The quantitative estimate of drug-likeness (QED) is 0.374. The fourth-order valence-corrected chi connectivity index (χ4v) is 3.83. The lowest BCUT2D eigenvalue weighted by atomic mass is 9.63. The van der Waals surface area contributed by atoms with Gasteiger partial charge in [-0.15, -0.1) is 0 Å². The van der Waals surface area contributed by atoms with Crippen molar-refractivity contribution in [3.05, 3.63) is 70.3 Å². The van der Waals surface area contributed by atoms with Crippen molar-refractivity contribution >= 4 is 11.8 Å². The third-order valence-electron chi connectivity index (χ3n) is 5.73. The topological polar surface area (TPSA) is 9.23 Å². The molecule has 0 unspecified atom stereocenters. The zero-order valence-corrected chi connectivity index (χ0v) is 20.4. The van der Waals surface area contributed by atoms with Gasteiger partial charge in [-0.1, -0.05) is 103 Å². The summed E-state index contributed by atoms with van der Waals surface area (Å²) in [5, 5.41) is 0. The standard InChI is InChI=1S/C24H30O.2C2H6/c1-17-7-10-19(11-8-17)22(25-6)16-18-9-12-20-21(15-18)24(4,5)14-13-23(20,2)3;2*1-2/h7-12,15-16H,13-14H2,1-6H3;2*1-2H3/b22-16-;;. The maximum Gasteiger partial charge on any atom is 0.126 e. The van der Waals surface area contributed by atoms with E-state index in [4.69, 9.17) is 4.74 Å². The van der Waals surface area contributed by atoms with Crippen molar-refractivity contribution in [2.75, 3.05) is 7.11 Å². The van der Waals surface area contributed by atoms with Crippen LogP contribution in [0.4, 0.5) is 0 Å². The van der Waals surface area contributed by atoms with Crippen LogP contribution >= 0.6 is 0 Å². The molecule has 2 aromatic rings. The molecule has 0 aliphatic heterocycles. The summed E-state index contributed by atoms with van der Waals surface area (Å²) >= 11 is 0. The third kappa shape index (κ3) is 5.98. The molecule has 0 bridgehead atoms. The molecule has 29 heavy (non-hydrogen) atoms. The Morgan fingerprint density at radius 2 is 1.31 bits per heavy atom. The fourth-order valence-electron chi connectivity index (χ4n) is 3.83. The summed E-state index contributed by atoms with van der Waals surface area (Å²) in [5.74, 6) is 0.910. The molecule has 1 nitrogen and oxygen atoms in total. The number of benzene rings is 2. The molecule has 0 heterocycles. The van der Waals surface area contributed by atoms with Gasteiger partial charge in [-0.3, -0.25) is 0 Å². The van der Waals surface area contributed by atoms with Crippen LogP contribution < -0.4 is 0 Å². The van der Waals surface area contributed by atoms with E-state index in [1.54, 1.807) is 7.11 Å². The molecular weight excluding hydrogens is 352 g/mol. The highest BCUT2D eigenvalue weighted by atomic mass is 16.5. The second-order valence-electron chi connectivity index (χ2n) is 8.65. The van der Waals surface area contributed by atoms with E-state index in [2.05, 4.69) is 83.2 Å². The minimum atomic E-state index is 0.228. The third-order valence-corrected chi connectivity index (χ3v) is 5.73. The Morgan fingerprint density at radius 3 is 1.83 bits per heavy atom. The summed E-state index contributed by atoms with van der Waals surface area (Å²) in [5.41, 5.74) is 7.05. The molecule has 0 atom stereocenters. The summed E-state index contributed by atoms with van der Waals surface area (Å²) in [6, 6.07) is 15.4. The molecule has 0 saturated heterocycles. The first kappa shape index (κ1) is 25.0. The summed E-state index contributed by atoms with van der Waals surface area (Å²) in [6.45, 7) is 19.6. The largest absolute Gasteiger partial charge is 0.496 e. The highest BCUT2D eigenvalue weighted by Crippen LogP contribution is 2.46. The number of hydrogen-bond donors (Lipinski definition) is 0. The molecule has 0 spiro atoms. The summed E-state index contributed by atoms with van der Waals surface area (Å²) in [6.07, 6.45) is 4.63. The molecule has 160 valence electrons. The minimum Gasteiger partial charge on any atom is -0.496 e. The predicted octanol–water partition coefficient (Wildman–Crippen LogP) is 8.54. The number of methoxy groups -OCH3 is 1. The molecule has 1 aliphatic carbocycles. The van der Waals surface area contributed by atoms with E-state index in [9.17, 15) is 0 Å². The Hall–Kier alpha value is -2.02. The van der Waals surface area contributed by atoms with E-state index in [-0.39, 0.29) is 10.8 Å². The van der Waals surface area contributed by atoms with Gasteiger partial charge in [0.15, 0.2) is 0 Å². The van der Waals surface area contributed by atoms with Crippen molar-refractivity contribution < 1.29 is 4.74 Å². The molecule has 0 aromatic heterocycles. The average Bonchev–Trinajstić information content (AvgIpc) is 2.73. The van der Waals surface area contributed by atoms with Crippen LogP contribution in [0, 0.1) is 6.92 Å². The highest BCUT2D eigenvalue weighted by molar-refractivity contribution is 5.77. The van der Waals surface area contributed by atoms with Crippen LogP contribution in [-0.4, -0.2) is 7.11 Å². The number of ether oxygens (including phenoxy) is 1. The zero-order chi connectivity index (χ0) is 22.2. The van der Waals surface area contributed by atoms with E-state index in [1.165, 1.54) is 35.1 Å². The van der Waals surface area contributed by atoms with Crippen LogP contribution in [0.3, 0.4) is 0 Å². The average molecular weight is 395 g/mol. The molecule has 0 radical (unpaired) electrons. The molecule has 0 fully saturated rings. The van der Waals surface area contributed by atoms with Crippen molar-refractivity contribution in [2.24, 2.45) is 0 Å². The molecule has 1 aliphatic rings. The van der Waals surface area contributed by atoms with Gasteiger partial charge in [-0.25, -0.2) is 0 Å². The van der Waals surface area contributed by atoms with Gasteiger partial charge >= 0.3 is 0 Å². The lowest BCUT2D eigenvalue weighted by Crippen LogP contribution is -2.33. The molecular formula is C28H42O. The smallest absolute Gasteiger partial charge is 0.126 e. The van der Waals surface area contributed by atoms with Gasteiger partial charge in [0.1, 0.15) is 5.76 Å². The maximum absolute atomic E-state index is 5.68. The Kier molecular flexibility index (Phi) is 9.20. The maximum atomic E-state index is 5.68. The van der Waals surface area contributed by atoms with Crippen LogP contribution in [-0.2, 0) is 15.6 Å². The van der Waals surface area contributed by atoms with Gasteiger partial charge < -0.3 is 4.74 Å². The highest BCUT2D eigenvalue weighted by Gasteiger charge is 2.36. The van der Waals surface area contributed by atoms with Gasteiger partial charge in [0.2, 0.25) is 0 Å².